The quantitative estimate of drug-likeness (QED) is 0.281. The highest BCUT2D eigenvalue weighted by molar-refractivity contribution is 6.24. The van der Waals surface area contributed by atoms with Crippen molar-refractivity contribution in [2.24, 2.45) is 5.73 Å². The molecule has 2 aliphatic rings. The number of hydrogen-bond acceptors (Lipinski definition) is 9. The van der Waals surface area contributed by atoms with Gasteiger partial charge in [-0.05, 0) is 18.6 Å². The second-order valence-electron chi connectivity index (χ2n) is 7.04. The molecule has 1 unspecified atom stereocenters. The van der Waals surface area contributed by atoms with E-state index in [9.17, 15) is 28.8 Å². The summed E-state index contributed by atoms with van der Waals surface area (Å²) in [4.78, 5) is 72.5. The number of nitrogens with zero attached hydrogens (tertiary/aromatic N) is 1. The number of benzene rings is 1. The Hall–Kier alpha value is -4.00. The summed E-state index contributed by atoms with van der Waals surface area (Å²) < 4.78 is 15.1. The number of amides is 6. The second kappa shape index (κ2) is 10.5. The molecular formula is C20H22N4O9. The number of rotatable bonds is 10. The first-order chi connectivity index (χ1) is 15.8. The summed E-state index contributed by atoms with van der Waals surface area (Å²) in [5.41, 5.74) is 4.81. The third kappa shape index (κ3) is 5.63. The molecule has 1 aromatic rings. The molecule has 0 spiro atoms. The molecule has 13 heteroatoms. The Morgan fingerprint density at radius 3 is 2.64 bits per heavy atom. The van der Waals surface area contributed by atoms with Gasteiger partial charge in [-0.3, -0.25) is 34.2 Å². The molecule has 13 nitrogen and oxygen atoms in total. The zero-order valence-electron chi connectivity index (χ0n) is 17.5. The summed E-state index contributed by atoms with van der Waals surface area (Å²) in [6, 6.07) is 3.26. The van der Waals surface area contributed by atoms with E-state index in [1.54, 1.807) is 0 Å². The number of imide groups is 2. The summed E-state index contributed by atoms with van der Waals surface area (Å²) >= 11 is 0. The Balaban J connectivity index is 1.53. The normalized spacial score (nSPS) is 17.5. The SMILES string of the molecule is NC(=O)OCCOCCNC(=O)COc1cccc2c1C(=O)N(C1CCC(=O)NC1=O)C2=O. The van der Waals surface area contributed by atoms with Crippen molar-refractivity contribution in [2.75, 3.05) is 33.0 Å². The number of fused-ring (bicyclic) bond motifs is 1. The molecule has 1 aromatic carbocycles. The van der Waals surface area contributed by atoms with Crippen molar-refractivity contribution in [1.29, 1.82) is 0 Å². The molecule has 33 heavy (non-hydrogen) atoms. The van der Waals surface area contributed by atoms with Gasteiger partial charge in [-0.2, -0.15) is 0 Å². The predicted octanol–water partition coefficient (Wildman–Crippen LogP) is -1.31. The van der Waals surface area contributed by atoms with Crippen LogP contribution >= 0.6 is 0 Å². The largest absolute Gasteiger partial charge is 0.483 e. The Morgan fingerprint density at radius 1 is 1.12 bits per heavy atom. The monoisotopic (exact) mass is 462 g/mol. The van der Waals surface area contributed by atoms with Crippen LogP contribution in [0.5, 0.6) is 5.75 Å². The molecule has 4 N–H and O–H groups in total. The standard InChI is InChI=1S/C20H22N4O9/c21-20(30)32-9-8-31-7-6-22-15(26)10-33-13-3-1-2-11-16(13)19(29)24(18(11)28)12-4-5-14(25)23-17(12)27/h1-3,12H,4-10H2,(H2,21,30)(H,22,26)(H,23,25,27). The van der Waals surface area contributed by atoms with Crippen LogP contribution in [0.1, 0.15) is 33.6 Å². The number of nitrogens with two attached hydrogens (primary N) is 1. The van der Waals surface area contributed by atoms with Crippen LogP contribution < -0.4 is 21.1 Å². The summed E-state index contributed by atoms with van der Waals surface area (Å²) in [7, 11) is 0. The molecule has 2 aliphatic heterocycles. The zero-order valence-corrected chi connectivity index (χ0v) is 17.5. The lowest BCUT2D eigenvalue weighted by Crippen LogP contribution is -2.54. The first-order valence-electron chi connectivity index (χ1n) is 10.0. The topological polar surface area (TPSA) is 183 Å². The second-order valence-corrected chi connectivity index (χ2v) is 7.04. The van der Waals surface area contributed by atoms with E-state index in [1.807, 2.05) is 0 Å². The molecule has 0 bridgehead atoms. The maximum absolute atomic E-state index is 12.9. The Labute approximate surface area is 187 Å². The van der Waals surface area contributed by atoms with E-state index in [4.69, 9.17) is 15.2 Å². The lowest BCUT2D eigenvalue weighted by atomic mass is 10.0. The van der Waals surface area contributed by atoms with E-state index in [0.29, 0.717) is 0 Å². The van der Waals surface area contributed by atoms with Gasteiger partial charge in [0, 0.05) is 13.0 Å². The van der Waals surface area contributed by atoms with Crippen molar-refractivity contribution < 1.29 is 43.0 Å². The van der Waals surface area contributed by atoms with Crippen LogP contribution in [-0.4, -0.2) is 79.5 Å². The Kier molecular flexibility index (Phi) is 7.56. The summed E-state index contributed by atoms with van der Waals surface area (Å²) in [6.45, 7) is -0.00459. The van der Waals surface area contributed by atoms with E-state index < -0.39 is 48.3 Å². The molecule has 1 fully saturated rings. The molecule has 1 saturated heterocycles. The molecule has 6 amide bonds. The van der Waals surface area contributed by atoms with E-state index >= 15 is 0 Å². The highest BCUT2D eigenvalue weighted by Gasteiger charge is 2.46. The van der Waals surface area contributed by atoms with Crippen molar-refractivity contribution >= 4 is 35.6 Å². The number of carbonyl (C=O) groups is 6. The van der Waals surface area contributed by atoms with Crippen LogP contribution in [0.15, 0.2) is 18.2 Å². The zero-order chi connectivity index (χ0) is 24.0. The number of ether oxygens (including phenoxy) is 3. The van der Waals surface area contributed by atoms with Gasteiger partial charge in [0.15, 0.2) is 6.61 Å². The molecule has 0 aromatic heterocycles. The lowest BCUT2D eigenvalue weighted by Gasteiger charge is -2.27. The van der Waals surface area contributed by atoms with Gasteiger partial charge in [0.25, 0.3) is 17.7 Å². The predicted molar refractivity (Wildman–Crippen MR) is 108 cm³/mol. The van der Waals surface area contributed by atoms with Gasteiger partial charge in [-0.15, -0.1) is 0 Å². The number of primary amides is 1. The van der Waals surface area contributed by atoms with E-state index in [0.717, 1.165) is 4.90 Å². The molecule has 0 aliphatic carbocycles. The van der Waals surface area contributed by atoms with Crippen molar-refractivity contribution in [2.45, 2.75) is 18.9 Å². The Bertz CT molecular complexity index is 994. The number of nitrogens with one attached hydrogen (secondary N) is 2. The van der Waals surface area contributed by atoms with Crippen molar-refractivity contribution in [3.63, 3.8) is 0 Å². The Morgan fingerprint density at radius 2 is 1.91 bits per heavy atom. The smallest absolute Gasteiger partial charge is 0.404 e. The van der Waals surface area contributed by atoms with Crippen LogP contribution in [0.2, 0.25) is 0 Å². The van der Waals surface area contributed by atoms with E-state index in [2.05, 4.69) is 15.4 Å². The average Bonchev–Trinajstić information content (AvgIpc) is 3.02. The van der Waals surface area contributed by atoms with Gasteiger partial charge < -0.3 is 25.3 Å². The first kappa shape index (κ1) is 23.7. The van der Waals surface area contributed by atoms with Crippen LogP contribution in [0, 0.1) is 0 Å². The van der Waals surface area contributed by atoms with Crippen LogP contribution in [0.4, 0.5) is 4.79 Å². The first-order valence-corrected chi connectivity index (χ1v) is 10.0. The minimum atomic E-state index is -1.10. The minimum Gasteiger partial charge on any atom is -0.483 e. The third-order valence-corrected chi connectivity index (χ3v) is 4.83. The summed E-state index contributed by atoms with van der Waals surface area (Å²) in [5, 5.41) is 4.67. The third-order valence-electron chi connectivity index (χ3n) is 4.83. The van der Waals surface area contributed by atoms with Crippen molar-refractivity contribution in [3.05, 3.63) is 29.3 Å². The van der Waals surface area contributed by atoms with Crippen molar-refractivity contribution in [1.82, 2.24) is 15.5 Å². The molecule has 2 heterocycles. The molecule has 1 atom stereocenters. The van der Waals surface area contributed by atoms with Gasteiger partial charge in [-0.1, -0.05) is 6.07 Å². The minimum absolute atomic E-state index is 0.00585. The highest BCUT2D eigenvalue weighted by atomic mass is 16.6. The maximum Gasteiger partial charge on any atom is 0.404 e. The van der Waals surface area contributed by atoms with Gasteiger partial charge >= 0.3 is 6.09 Å². The number of piperidine rings is 1. The average molecular weight is 462 g/mol. The van der Waals surface area contributed by atoms with Gasteiger partial charge in [0.05, 0.1) is 24.3 Å². The van der Waals surface area contributed by atoms with E-state index in [-0.39, 0.29) is 56.1 Å². The fraction of sp³-hybridized carbons (Fsp3) is 0.400. The molecule has 3 rings (SSSR count). The fourth-order valence-corrected chi connectivity index (χ4v) is 3.36. The fourth-order valence-electron chi connectivity index (χ4n) is 3.36. The number of carbonyl (C=O) groups excluding carboxylic acids is 6. The van der Waals surface area contributed by atoms with Crippen LogP contribution in [-0.2, 0) is 23.9 Å². The van der Waals surface area contributed by atoms with Gasteiger partial charge in [0.1, 0.15) is 18.4 Å². The van der Waals surface area contributed by atoms with Gasteiger partial charge in [-0.25, -0.2) is 4.79 Å². The van der Waals surface area contributed by atoms with Crippen LogP contribution in [0.3, 0.4) is 0 Å². The summed E-state index contributed by atoms with van der Waals surface area (Å²) in [5.74, 6) is -3.05. The van der Waals surface area contributed by atoms with Crippen molar-refractivity contribution in [3.8, 4) is 5.75 Å². The van der Waals surface area contributed by atoms with Gasteiger partial charge in [0.2, 0.25) is 11.8 Å². The summed E-state index contributed by atoms with van der Waals surface area (Å²) in [6.07, 6.45) is -0.863. The van der Waals surface area contributed by atoms with E-state index in [1.165, 1.54) is 18.2 Å². The lowest BCUT2D eigenvalue weighted by molar-refractivity contribution is -0.136. The molecule has 0 radical (unpaired) electrons. The highest BCUT2D eigenvalue weighted by Crippen LogP contribution is 2.33. The molecular weight excluding hydrogens is 440 g/mol. The molecule has 176 valence electrons. The van der Waals surface area contributed by atoms with Crippen LogP contribution in [0.25, 0.3) is 0 Å². The maximum atomic E-state index is 12.9. The number of hydrogen-bond donors (Lipinski definition) is 3. The molecule has 0 saturated carbocycles.